The molecule has 3 aliphatic rings. The molecule has 6 rings (SSSR count). The highest BCUT2D eigenvalue weighted by atomic mass is 19.4. The molecule has 216 valence electrons. The zero-order valence-electron chi connectivity index (χ0n) is 22.4. The molecule has 1 aromatic heterocycles. The summed E-state index contributed by atoms with van der Waals surface area (Å²) in [6, 6.07) is 7.79. The molecule has 41 heavy (non-hydrogen) atoms. The largest absolute Gasteiger partial charge is 0.416 e. The van der Waals surface area contributed by atoms with Crippen molar-refractivity contribution in [3.63, 3.8) is 0 Å². The molecule has 3 heterocycles. The Morgan fingerprint density at radius 2 is 1.78 bits per heavy atom. The van der Waals surface area contributed by atoms with E-state index in [-0.39, 0.29) is 23.3 Å². The highest BCUT2D eigenvalue weighted by Crippen LogP contribution is 2.30. The Morgan fingerprint density at radius 1 is 1.05 bits per heavy atom. The first-order chi connectivity index (χ1) is 19.8. The van der Waals surface area contributed by atoms with Gasteiger partial charge in [-0.3, -0.25) is 4.79 Å². The zero-order chi connectivity index (χ0) is 28.6. The first kappa shape index (κ1) is 27.5. The predicted octanol–water partition coefficient (Wildman–Crippen LogP) is 5.12. The molecule has 2 aromatic carbocycles. The number of amidine groups is 1. The Balaban J connectivity index is 1.42. The summed E-state index contributed by atoms with van der Waals surface area (Å²) in [5, 5.41) is 3.40. The second kappa shape index (κ2) is 11.3. The number of nitrogens with one attached hydrogen (secondary N) is 2. The Bertz CT molecular complexity index is 1550. The van der Waals surface area contributed by atoms with Crippen LogP contribution in [0.2, 0.25) is 0 Å². The van der Waals surface area contributed by atoms with Gasteiger partial charge in [0.25, 0.3) is 0 Å². The molecule has 2 aliphatic heterocycles. The van der Waals surface area contributed by atoms with Crippen LogP contribution in [0.1, 0.15) is 48.8 Å². The normalized spacial score (nSPS) is 19.8. The number of piperazine rings is 1. The van der Waals surface area contributed by atoms with Gasteiger partial charge in [-0.1, -0.05) is 24.1 Å². The van der Waals surface area contributed by atoms with Crippen molar-refractivity contribution in [3.05, 3.63) is 87.0 Å². The van der Waals surface area contributed by atoms with Crippen molar-refractivity contribution in [2.75, 3.05) is 31.1 Å². The Kier molecular flexibility index (Phi) is 7.56. The van der Waals surface area contributed by atoms with Crippen molar-refractivity contribution in [2.45, 2.75) is 51.1 Å². The van der Waals surface area contributed by atoms with E-state index in [4.69, 9.17) is 4.84 Å². The molecule has 1 saturated carbocycles. The summed E-state index contributed by atoms with van der Waals surface area (Å²) in [4.78, 5) is 25.8. The molecule has 0 radical (unpaired) electrons. The molecule has 3 aromatic rings. The molecule has 1 atom stereocenters. The molecule has 7 nitrogen and oxygen atoms in total. The van der Waals surface area contributed by atoms with Crippen LogP contribution in [0.4, 0.5) is 23.2 Å². The van der Waals surface area contributed by atoms with Crippen LogP contribution >= 0.6 is 0 Å². The van der Waals surface area contributed by atoms with Crippen LogP contribution in [-0.4, -0.2) is 42.8 Å². The van der Waals surface area contributed by atoms with Crippen LogP contribution in [-0.2, 0) is 17.6 Å². The van der Waals surface area contributed by atoms with Crippen LogP contribution in [0.25, 0.3) is 10.9 Å². The maximum atomic E-state index is 15.4. The van der Waals surface area contributed by atoms with Gasteiger partial charge in [-0.15, -0.1) is 0 Å². The number of halogens is 4. The third-order valence-corrected chi connectivity index (χ3v) is 7.90. The lowest BCUT2D eigenvalue weighted by Gasteiger charge is -2.30. The zero-order valence-corrected chi connectivity index (χ0v) is 22.4. The van der Waals surface area contributed by atoms with Crippen molar-refractivity contribution in [1.82, 2.24) is 15.4 Å². The van der Waals surface area contributed by atoms with Gasteiger partial charge in [0.2, 0.25) is 0 Å². The number of anilines is 1. The SMILES string of the molecule is O=c1c(C2=NC(C=C3CCCCC3)ON2)cn(Cc2ccc(C(F)(F)F)cc2)c2cc(N3CCNCC3)c(F)cc12. The van der Waals surface area contributed by atoms with Gasteiger partial charge in [0.05, 0.1) is 22.3 Å². The third-order valence-electron chi connectivity index (χ3n) is 7.90. The Hall–Kier alpha value is -3.70. The minimum absolute atomic E-state index is 0.157. The molecule has 1 saturated heterocycles. The molecule has 1 unspecified atom stereocenters. The highest BCUT2D eigenvalue weighted by molar-refractivity contribution is 6.01. The summed E-state index contributed by atoms with van der Waals surface area (Å²) in [6.07, 6.45) is 4.02. The molecular formula is C30H31F4N5O2. The van der Waals surface area contributed by atoms with E-state index in [2.05, 4.69) is 15.8 Å². The molecule has 2 N–H and O–H groups in total. The fourth-order valence-electron chi connectivity index (χ4n) is 5.71. The Labute approximate surface area is 234 Å². The second-order valence-electron chi connectivity index (χ2n) is 10.7. The summed E-state index contributed by atoms with van der Waals surface area (Å²) < 4.78 is 56.6. The number of alkyl halides is 3. The average Bonchev–Trinajstić information content (AvgIpc) is 3.43. The number of hydroxylamine groups is 1. The first-order valence-electron chi connectivity index (χ1n) is 13.9. The van der Waals surface area contributed by atoms with E-state index in [0.29, 0.717) is 42.9 Å². The van der Waals surface area contributed by atoms with Gasteiger partial charge in [-0.25, -0.2) is 19.7 Å². The predicted molar refractivity (Wildman–Crippen MR) is 150 cm³/mol. The smallest absolute Gasteiger partial charge is 0.367 e. The molecule has 1 aliphatic carbocycles. The number of hydrogen-bond acceptors (Lipinski definition) is 6. The number of fused-ring (bicyclic) bond motifs is 1. The van der Waals surface area contributed by atoms with Crippen LogP contribution in [0.15, 0.2) is 64.0 Å². The number of rotatable bonds is 5. The molecular weight excluding hydrogens is 538 g/mol. The van der Waals surface area contributed by atoms with E-state index in [1.54, 1.807) is 16.8 Å². The monoisotopic (exact) mass is 569 g/mol. The second-order valence-corrected chi connectivity index (χ2v) is 10.7. The number of benzene rings is 2. The third kappa shape index (κ3) is 5.87. The van der Waals surface area contributed by atoms with Gasteiger partial charge in [0.1, 0.15) is 5.82 Å². The number of pyridine rings is 1. The lowest BCUT2D eigenvalue weighted by atomic mass is 9.94. The Morgan fingerprint density at radius 3 is 2.49 bits per heavy atom. The van der Waals surface area contributed by atoms with Gasteiger partial charge >= 0.3 is 6.18 Å². The maximum Gasteiger partial charge on any atom is 0.416 e. The average molecular weight is 570 g/mol. The summed E-state index contributed by atoms with van der Waals surface area (Å²) >= 11 is 0. The van der Waals surface area contributed by atoms with E-state index >= 15 is 4.39 Å². The van der Waals surface area contributed by atoms with E-state index in [1.807, 2.05) is 11.0 Å². The summed E-state index contributed by atoms with van der Waals surface area (Å²) in [5.74, 6) is -0.269. The van der Waals surface area contributed by atoms with Crippen molar-refractivity contribution in [3.8, 4) is 0 Å². The maximum absolute atomic E-state index is 15.4. The molecule has 0 amide bonds. The van der Waals surface area contributed by atoms with Gasteiger partial charge in [-0.2, -0.15) is 13.2 Å². The van der Waals surface area contributed by atoms with E-state index in [1.165, 1.54) is 30.2 Å². The van der Waals surface area contributed by atoms with Crippen LogP contribution in [0.5, 0.6) is 0 Å². The number of allylic oxidation sites excluding steroid dienone is 1. The lowest BCUT2D eigenvalue weighted by Crippen LogP contribution is -2.44. The van der Waals surface area contributed by atoms with Gasteiger partial charge in [0, 0.05) is 44.3 Å². The van der Waals surface area contributed by atoms with E-state index in [9.17, 15) is 18.0 Å². The number of aromatic nitrogens is 1. The number of hydrogen-bond donors (Lipinski definition) is 2. The quantitative estimate of drug-likeness (QED) is 0.330. The van der Waals surface area contributed by atoms with Crippen LogP contribution in [0.3, 0.4) is 0 Å². The molecule has 2 fully saturated rings. The minimum atomic E-state index is -4.44. The number of aliphatic imine (C=N–C) groups is 1. The van der Waals surface area contributed by atoms with Gasteiger partial charge in [-0.05, 0) is 61.6 Å². The van der Waals surface area contributed by atoms with Crippen LogP contribution in [0, 0.1) is 5.82 Å². The topological polar surface area (TPSA) is 70.9 Å². The standard InChI is InChI=1S/C30H31F4N5O2/c31-24-15-22-25(16-26(24)38-12-10-35-11-13-38)39(17-20-6-8-21(9-7-20)30(32,33)34)18-23(28(22)40)29-36-27(41-37-29)14-19-4-2-1-3-5-19/h6-9,14-16,18,27,35H,1-5,10-13,17H2,(H,36,37). The lowest BCUT2D eigenvalue weighted by molar-refractivity contribution is -0.137. The summed E-state index contributed by atoms with van der Waals surface area (Å²) in [7, 11) is 0. The van der Waals surface area contributed by atoms with Gasteiger partial charge < -0.3 is 14.8 Å². The van der Waals surface area contributed by atoms with E-state index in [0.717, 1.165) is 37.8 Å². The summed E-state index contributed by atoms with van der Waals surface area (Å²) in [6.45, 7) is 2.79. The minimum Gasteiger partial charge on any atom is -0.367 e. The van der Waals surface area contributed by atoms with Crippen molar-refractivity contribution in [1.29, 1.82) is 0 Å². The van der Waals surface area contributed by atoms with Crippen LogP contribution < -0.4 is 21.1 Å². The fourth-order valence-corrected chi connectivity index (χ4v) is 5.71. The van der Waals surface area contributed by atoms with E-state index < -0.39 is 29.2 Å². The molecule has 0 bridgehead atoms. The van der Waals surface area contributed by atoms with Crippen molar-refractivity contribution >= 4 is 22.4 Å². The first-order valence-corrected chi connectivity index (χ1v) is 13.9. The highest BCUT2D eigenvalue weighted by Gasteiger charge is 2.30. The number of nitrogens with zero attached hydrogens (tertiary/aromatic N) is 3. The molecule has 0 spiro atoms. The fraction of sp³-hybridized carbons (Fsp3) is 0.400. The van der Waals surface area contributed by atoms with Crippen molar-refractivity contribution < 1.29 is 22.4 Å². The van der Waals surface area contributed by atoms with Crippen molar-refractivity contribution in [2.24, 2.45) is 4.99 Å². The molecule has 11 heteroatoms. The summed E-state index contributed by atoms with van der Waals surface area (Å²) in [5.41, 5.74) is 4.55. The van der Waals surface area contributed by atoms with Gasteiger partial charge in [0.15, 0.2) is 17.5 Å².